The van der Waals surface area contributed by atoms with Gasteiger partial charge in [0.05, 0.1) is 13.5 Å². The maximum atomic E-state index is 10.4. The summed E-state index contributed by atoms with van der Waals surface area (Å²) in [5.41, 5.74) is 6.01. The molecule has 0 heterocycles. The minimum atomic E-state index is -1.00. The van der Waals surface area contributed by atoms with Gasteiger partial charge in [-0.05, 0) is 6.07 Å². The number of carbonyl (C=O) groups is 1. The Morgan fingerprint density at radius 2 is 2.27 bits per heavy atom. The lowest BCUT2D eigenvalue weighted by molar-refractivity contribution is -0.137. The van der Waals surface area contributed by atoms with Crippen LogP contribution in [0.25, 0.3) is 0 Å². The number of ether oxygens (including phenoxy) is 1. The molecule has 1 aromatic carbocycles. The Morgan fingerprint density at radius 1 is 1.60 bits per heavy atom. The van der Waals surface area contributed by atoms with E-state index in [4.69, 9.17) is 15.6 Å². The van der Waals surface area contributed by atoms with Gasteiger partial charge in [0.15, 0.2) is 0 Å². The van der Waals surface area contributed by atoms with Crippen LogP contribution in [0.15, 0.2) is 18.2 Å². The third-order valence-electron chi connectivity index (χ3n) is 2.03. The molecular weight excluding hydrogens is 198 g/mol. The van der Waals surface area contributed by atoms with E-state index >= 15 is 0 Å². The number of aromatic hydroxyl groups is 1. The number of rotatable bonds is 4. The van der Waals surface area contributed by atoms with Crippen molar-refractivity contribution in [3.63, 3.8) is 0 Å². The number of methoxy groups -OCH3 is 1. The van der Waals surface area contributed by atoms with Crippen molar-refractivity contribution in [2.75, 3.05) is 7.11 Å². The van der Waals surface area contributed by atoms with Crippen LogP contribution in [0.2, 0.25) is 0 Å². The van der Waals surface area contributed by atoms with Crippen LogP contribution >= 0.6 is 0 Å². The monoisotopic (exact) mass is 211 g/mol. The highest BCUT2D eigenvalue weighted by atomic mass is 16.5. The van der Waals surface area contributed by atoms with E-state index in [0.29, 0.717) is 11.3 Å². The summed E-state index contributed by atoms with van der Waals surface area (Å²) < 4.78 is 4.89. The second-order valence-electron chi connectivity index (χ2n) is 3.13. The maximum Gasteiger partial charge on any atom is 0.305 e. The Labute approximate surface area is 87.1 Å². The lowest BCUT2D eigenvalue weighted by Crippen LogP contribution is -2.15. The first-order valence-corrected chi connectivity index (χ1v) is 4.39. The summed E-state index contributed by atoms with van der Waals surface area (Å²) in [6.45, 7) is 0. The van der Waals surface area contributed by atoms with E-state index in [-0.39, 0.29) is 12.2 Å². The van der Waals surface area contributed by atoms with E-state index in [9.17, 15) is 9.90 Å². The molecule has 1 aromatic rings. The number of phenols is 1. The maximum absolute atomic E-state index is 10.4. The molecule has 0 radical (unpaired) electrons. The smallest absolute Gasteiger partial charge is 0.305 e. The molecule has 5 nitrogen and oxygen atoms in total. The predicted octanol–water partition coefficient (Wildman–Crippen LogP) is 0.875. The van der Waals surface area contributed by atoms with Gasteiger partial charge in [-0.1, -0.05) is 6.07 Å². The molecule has 0 fully saturated rings. The zero-order valence-corrected chi connectivity index (χ0v) is 8.30. The van der Waals surface area contributed by atoms with Crippen molar-refractivity contribution in [2.24, 2.45) is 5.73 Å². The molecule has 0 unspecified atom stereocenters. The first kappa shape index (κ1) is 11.3. The third kappa shape index (κ3) is 2.85. The summed E-state index contributed by atoms with van der Waals surface area (Å²) in [7, 11) is 1.48. The molecule has 15 heavy (non-hydrogen) atoms. The zero-order valence-electron chi connectivity index (χ0n) is 8.30. The van der Waals surface area contributed by atoms with Crippen molar-refractivity contribution in [3.05, 3.63) is 23.8 Å². The first-order valence-electron chi connectivity index (χ1n) is 4.39. The van der Waals surface area contributed by atoms with Crippen molar-refractivity contribution in [1.82, 2.24) is 0 Å². The molecule has 1 rings (SSSR count). The van der Waals surface area contributed by atoms with Gasteiger partial charge in [0.1, 0.15) is 11.5 Å². The molecule has 0 spiro atoms. The van der Waals surface area contributed by atoms with Crippen molar-refractivity contribution >= 4 is 5.97 Å². The molecule has 4 N–H and O–H groups in total. The molecule has 0 saturated heterocycles. The van der Waals surface area contributed by atoms with E-state index in [0.717, 1.165) is 0 Å². The molecule has 82 valence electrons. The fourth-order valence-electron chi connectivity index (χ4n) is 1.26. The molecule has 0 aromatic heterocycles. The molecule has 0 amide bonds. The summed E-state index contributed by atoms with van der Waals surface area (Å²) in [4.78, 5) is 10.4. The number of carboxylic acid groups (broad SMARTS) is 1. The number of hydrogen-bond acceptors (Lipinski definition) is 4. The number of phenolic OH excluding ortho intramolecular Hbond substituents is 1. The topological polar surface area (TPSA) is 92.8 Å². The van der Waals surface area contributed by atoms with Crippen molar-refractivity contribution in [2.45, 2.75) is 12.5 Å². The number of carboxylic acids is 1. The fraction of sp³-hybridized carbons (Fsp3) is 0.300. The molecule has 0 aliphatic heterocycles. The molecular formula is C10H13NO4. The number of aliphatic carboxylic acids is 1. The zero-order chi connectivity index (χ0) is 11.4. The predicted molar refractivity (Wildman–Crippen MR) is 53.8 cm³/mol. The van der Waals surface area contributed by atoms with E-state index in [1.807, 2.05) is 0 Å². The normalized spacial score (nSPS) is 12.1. The summed E-state index contributed by atoms with van der Waals surface area (Å²) >= 11 is 0. The van der Waals surface area contributed by atoms with Gasteiger partial charge in [-0.15, -0.1) is 0 Å². The number of nitrogens with two attached hydrogens (primary N) is 1. The minimum Gasteiger partial charge on any atom is -0.507 e. The summed E-state index contributed by atoms with van der Waals surface area (Å²) in [6.07, 6.45) is -0.222. The third-order valence-corrected chi connectivity index (χ3v) is 2.03. The molecule has 0 bridgehead atoms. The fourth-order valence-corrected chi connectivity index (χ4v) is 1.26. The Morgan fingerprint density at radius 3 is 2.73 bits per heavy atom. The van der Waals surface area contributed by atoms with Crippen LogP contribution in [0, 0.1) is 0 Å². The minimum absolute atomic E-state index is 0.0527. The summed E-state index contributed by atoms with van der Waals surface area (Å²) in [5.74, 6) is -0.556. The Hall–Kier alpha value is -1.75. The lowest BCUT2D eigenvalue weighted by Gasteiger charge is -2.12. The molecule has 5 heteroatoms. The standard InChI is InChI=1S/C10H13NO4/c1-15-6-2-3-7(9(12)4-6)8(11)5-10(13)14/h2-4,8,12H,5,11H2,1H3,(H,13,14)/t8-/m1/s1. The van der Waals surface area contributed by atoms with Crippen LogP contribution in [0.3, 0.4) is 0 Å². The quantitative estimate of drug-likeness (QED) is 0.687. The van der Waals surface area contributed by atoms with Crippen molar-refractivity contribution in [1.29, 1.82) is 0 Å². The second kappa shape index (κ2) is 4.65. The van der Waals surface area contributed by atoms with Crippen molar-refractivity contribution in [3.8, 4) is 11.5 Å². The Kier molecular flexibility index (Phi) is 3.51. The van der Waals surface area contributed by atoms with E-state index in [1.165, 1.54) is 13.2 Å². The van der Waals surface area contributed by atoms with Gasteiger partial charge in [0.25, 0.3) is 0 Å². The summed E-state index contributed by atoms with van der Waals surface area (Å²) in [6, 6.07) is 3.86. The molecule has 0 saturated carbocycles. The van der Waals surface area contributed by atoms with E-state index in [2.05, 4.69) is 0 Å². The van der Waals surface area contributed by atoms with Crippen LogP contribution in [0.1, 0.15) is 18.0 Å². The number of benzene rings is 1. The van der Waals surface area contributed by atoms with Crippen LogP contribution in [-0.2, 0) is 4.79 Å². The number of hydrogen-bond donors (Lipinski definition) is 3. The molecule has 0 aliphatic rings. The van der Waals surface area contributed by atoms with Crippen LogP contribution in [0.4, 0.5) is 0 Å². The van der Waals surface area contributed by atoms with Crippen LogP contribution in [-0.4, -0.2) is 23.3 Å². The first-order chi connectivity index (χ1) is 7.04. The van der Waals surface area contributed by atoms with Crippen LogP contribution in [0.5, 0.6) is 11.5 Å². The van der Waals surface area contributed by atoms with E-state index in [1.54, 1.807) is 12.1 Å². The van der Waals surface area contributed by atoms with Gasteiger partial charge in [0, 0.05) is 17.7 Å². The van der Waals surface area contributed by atoms with Crippen molar-refractivity contribution < 1.29 is 19.7 Å². The Bertz CT molecular complexity index is 364. The highest BCUT2D eigenvalue weighted by Gasteiger charge is 2.14. The van der Waals surface area contributed by atoms with Gasteiger partial charge in [-0.25, -0.2) is 0 Å². The molecule has 0 aliphatic carbocycles. The summed E-state index contributed by atoms with van der Waals surface area (Å²) in [5, 5.41) is 18.1. The largest absolute Gasteiger partial charge is 0.507 e. The lowest BCUT2D eigenvalue weighted by atomic mass is 10.0. The van der Waals surface area contributed by atoms with Gasteiger partial charge in [-0.2, -0.15) is 0 Å². The average molecular weight is 211 g/mol. The van der Waals surface area contributed by atoms with Gasteiger partial charge < -0.3 is 20.7 Å². The van der Waals surface area contributed by atoms with Gasteiger partial charge in [0.2, 0.25) is 0 Å². The average Bonchev–Trinajstić information content (AvgIpc) is 2.16. The second-order valence-corrected chi connectivity index (χ2v) is 3.13. The van der Waals surface area contributed by atoms with Gasteiger partial charge >= 0.3 is 5.97 Å². The highest BCUT2D eigenvalue weighted by Crippen LogP contribution is 2.28. The molecule has 1 atom stereocenters. The Balaban J connectivity index is 2.90. The SMILES string of the molecule is COc1ccc([C@H](N)CC(=O)O)c(O)c1. The van der Waals surface area contributed by atoms with Gasteiger partial charge in [-0.3, -0.25) is 4.79 Å². The van der Waals surface area contributed by atoms with E-state index < -0.39 is 12.0 Å². The van der Waals surface area contributed by atoms with Crippen LogP contribution < -0.4 is 10.5 Å². The highest BCUT2D eigenvalue weighted by molar-refractivity contribution is 5.68.